The summed E-state index contributed by atoms with van der Waals surface area (Å²) in [5, 5.41) is 11.0. The summed E-state index contributed by atoms with van der Waals surface area (Å²) in [6.45, 7) is 7.64. The topological polar surface area (TPSA) is 48.9 Å². The highest BCUT2D eigenvalue weighted by molar-refractivity contribution is 5.66. The Balaban J connectivity index is 2.75. The lowest BCUT2D eigenvalue weighted by Crippen LogP contribution is -2.45. The van der Waals surface area contributed by atoms with E-state index >= 15 is 0 Å². The SMILES string of the molecule is CCCCCCc1n(CCCC)cc[n+]1CC(C)C(=O)[O-]. The predicted molar refractivity (Wildman–Crippen MR) is 81.6 cm³/mol. The van der Waals surface area contributed by atoms with Gasteiger partial charge in [0.15, 0.2) is 0 Å². The second kappa shape index (κ2) is 9.59. The van der Waals surface area contributed by atoms with Crippen molar-refractivity contribution in [3.05, 3.63) is 18.2 Å². The van der Waals surface area contributed by atoms with Crippen LogP contribution in [-0.2, 0) is 24.3 Å². The van der Waals surface area contributed by atoms with Crippen LogP contribution in [0.15, 0.2) is 12.4 Å². The molecular weight excluding hydrogens is 264 g/mol. The van der Waals surface area contributed by atoms with Crippen molar-refractivity contribution in [2.45, 2.75) is 78.8 Å². The molecule has 1 unspecified atom stereocenters. The van der Waals surface area contributed by atoms with E-state index in [0.29, 0.717) is 6.54 Å². The summed E-state index contributed by atoms with van der Waals surface area (Å²) < 4.78 is 4.39. The Kier molecular flexibility index (Phi) is 8.09. The fourth-order valence-electron chi connectivity index (χ4n) is 2.56. The van der Waals surface area contributed by atoms with E-state index in [0.717, 1.165) is 19.4 Å². The molecule has 0 aliphatic heterocycles. The molecule has 0 bridgehead atoms. The van der Waals surface area contributed by atoms with Crippen molar-refractivity contribution < 1.29 is 14.5 Å². The first-order valence-electron chi connectivity index (χ1n) is 8.38. The fourth-order valence-corrected chi connectivity index (χ4v) is 2.56. The minimum atomic E-state index is -0.972. The van der Waals surface area contributed by atoms with Gasteiger partial charge in [0, 0.05) is 18.3 Å². The van der Waals surface area contributed by atoms with Crippen molar-refractivity contribution in [2.24, 2.45) is 5.92 Å². The fraction of sp³-hybridized carbons (Fsp3) is 0.765. The molecule has 1 atom stereocenters. The van der Waals surface area contributed by atoms with Gasteiger partial charge in [0.2, 0.25) is 0 Å². The molecule has 0 saturated carbocycles. The van der Waals surface area contributed by atoms with Crippen molar-refractivity contribution in [1.29, 1.82) is 0 Å². The number of aryl methyl sites for hydroxylation is 1. The highest BCUT2D eigenvalue weighted by Crippen LogP contribution is 2.08. The molecular formula is C17H30N2O2. The van der Waals surface area contributed by atoms with Gasteiger partial charge in [-0.3, -0.25) is 0 Å². The van der Waals surface area contributed by atoms with Crippen LogP contribution in [0.4, 0.5) is 0 Å². The van der Waals surface area contributed by atoms with Crippen LogP contribution in [-0.4, -0.2) is 10.5 Å². The van der Waals surface area contributed by atoms with Crippen molar-refractivity contribution >= 4 is 5.97 Å². The Hall–Kier alpha value is -1.32. The molecule has 0 spiro atoms. The number of hydrogen-bond donors (Lipinski definition) is 0. The minimum absolute atomic E-state index is 0.452. The van der Waals surface area contributed by atoms with Gasteiger partial charge in [0.1, 0.15) is 12.4 Å². The third-order valence-electron chi connectivity index (χ3n) is 3.97. The Morgan fingerprint density at radius 2 is 1.95 bits per heavy atom. The first kappa shape index (κ1) is 17.7. The van der Waals surface area contributed by atoms with Gasteiger partial charge in [-0.2, -0.15) is 0 Å². The molecule has 0 N–H and O–H groups in total. The first-order valence-corrected chi connectivity index (χ1v) is 8.38. The molecule has 0 fully saturated rings. The molecule has 1 aromatic heterocycles. The molecule has 0 aromatic carbocycles. The molecule has 0 saturated heterocycles. The highest BCUT2D eigenvalue weighted by atomic mass is 16.4. The number of aliphatic carboxylic acids is 1. The van der Waals surface area contributed by atoms with Gasteiger partial charge < -0.3 is 9.90 Å². The maximum atomic E-state index is 11.0. The average Bonchev–Trinajstić information content (AvgIpc) is 2.83. The van der Waals surface area contributed by atoms with Gasteiger partial charge in [-0.25, -0.2) is 9.13 Å². The zero-order valence-corrected chi connectivity index (χ0v) is 13.8. The number of unbranched alkanes of at least 4 members (excludes halogenated alkanes) is 4. The van der Waals surface area contributed by atoms with Crippen LogP contribution in [0.3, 0.4) is 0 Å². The van der Waals surface area contributed by atoms with Crippen molar-refractivity contribution in [3.8, 4) is 0 Å². The van der Waals surface area contributed by atoms with Crippen LogP contribution in [0.5, 0.6) is 0 Å². The van der Waals surface area contributed by atoms with Gasteiger partial charge in [-0.15, -0.1) is 0 Å². The van der Waals surface area contributed by atoms with Gasteiger partial charge in [-0.05, 0) is 12.8 Å². The number of carbonyl (C=O) groups excluding carboxylic acids is 1. The van der Waals surface area contributed by atoms with Crippen LogP contribution in [0.1, 0.15) is 65.1 Å². The first-order chi connectivity index (χ1) is 10.1. The van der Waals surface area contributed by atoms with Gasteiger partial charge in [0.25, 0.3) is 5.82 Å². The number of imidazole rings is 1. The molecule has 120 valence electrons. The molecule has 0 aliphatic carbocycles. The Morgan fingerprint density at radius 1 is 1.24 bits per heavy atom. The normalized spacial score (nSPS) is 12.5. The zero-order valence-electron chi connectivity index (χ0n) is 13.8. The van der Waals surface area contributed by atoms with Crippen LogP contribution in [0.25, 0.3) is 0 Å². The summed E-state index contributed by atoms with van der Waals surface area (Å²) in [5.74, 6) is -0.167. The predicted octanol–water partition coefficient (Wildman–Crippen LogP) is 2.08. The van der Waals surface area contributed by atoms with Crippen LogP contribution >= 0.6 is 0 Å². The summed E-state index contributed by atoms with van der Waals surface area (Å²) in [7, 11) is 0. The number of carboxylic acid groups (broad SMARTS) is 1. The van der Waals surface area contributed by atoms with Crippen molar-refractivity contribution in [3.63, 3.8) is 0 Å². The van der Waals surface area contributed by atoms with Crippen LogP contribution in [0.2, 0.25) is 0 Å². The molecule has 0 radical (unpaired) electrons. The second-order valence-electron chi connectivity index (χ2n) is 5.94. The van der Waals surface area contributed by atoms with E-state index < -0.39 is 11.9 Å². The number of aromatic nitrogens is 2. The number of hydrogen-bond acceptors (Lipinski definition) is 2. The van der Waals surface area contributed by atoms with E-state index in [4.69, 9.17) is 0 Å². The van der Waals surface area contributed by atoms with E-state index in [1.54, 1.807) is 6.92 Å². The lowest BCUT2D eigenvalue weighted by Gasteiger charge is -2.11. The van der Waals surface area contributed by atoms with Gasteiger partial charge in [0.05, 0.1) is 13.1 Å². The lowest BCUT2D eigenvalue weighted by atomic mass is 10.1. The van der Waals surface area contributed by atoms with E-state index in [9.17, 15) is 9.90 Å². The average molecular weight is 294 g/mol. The van der Waals surface area contributed by atoms with Gasteiger partial charge in [-0.1, -0.05) is 46.5 Å². The van der Waals surface area contributed by atoms with Crippen molar-refractivity contribution in [2.75, 3.05) is 0 Å². The number of rotatable bonds is 11. The lowest BCUT2D eigenvalue weighted by molar-refractivity contribution is -0.708. The number of nitrogens with zero attached hydrogens (tertiary/aromatic N) is 2. The molecule has 4 heteroatoms. The number of carboxylic acids is 1. The summed E-state index contributed by atoms with van der Waals surface area (Å²) in [4.78, 5) is 11.0. The molecule has 0 aliphatic rings. The highest BCUT2D eigenvalue weighted by Gasteiger charge is 2.18. The van der Waals surface area contributed by atoms with E-state index in [-0.39, 0.29) is 0 Å². The molecule has 1 heterocycles. The molecule has 21 heavy (non-hydrogen) atoms. The van der Waals surface area contributed by atoms with E-state index in [1.165, 1.54) is 37.9 Å². The summed E-state index contributed by atoms with van der Waals surface area (Å²) in [6.07, 6.45) is 12.4. The Bertz CT molecular complexity index is 426. The standard InChI is InChI=1S/C17H30N2O2/c1-4-6-8-9-10-16-18(11-7-5-2)12-13-19(16)14-15(3)17(20)21/h12-13,15H,4-11,14H2,1-3H3. The molecule has 1 rings (SSSR count). The summed E-state index contributed by atoms with van der Waals surface area (Å²) >= 11 is 0. The molecule has 1 aromatic rings. The molecule has 4 nitrogen and oxygen atoms in total. The quantitative estimate of drug-likeness (QED) is 0.463. The van der Waals surface area contributed by atoms with E-state index in [2.05, 4.69) is 29.2 Å². The maximum Gasteiger partial charge on any atom is 0.256 e. The molecule has 0 amide bonds. The smallest absolute Gasteiger partial charge is 0.256 e. The Labute approximate surface area is 128 Å². The maximum absolute atomic E-state index is 11.0. The van der Waals surface area contributed by atoms with Crippen molar-refractivity contribution in [1.82, 2.24) is 4.57 Å². The monoisotopic (exact) mass is 294 g/mol. The third-order valence-corrected chi connectivity index (χ3v) is 3.97. The number of carbonyl (C=O) groups is 1. The summed E-state index contributed by atoms with van der Waals surface area (Å²) in [6, 6.07) is 0. The zero-order chi connectivity index (χ0) is 15.7. The van der Waals surface area contributed by atoms with Gasteiger partial charge >= 0.3 is 0 Å². The van der Waals surface area contributed by atoms with Crippen LogP contribution < -0.4 is 9.67 Å². The summed E-state index contributed by atoms with van der Waals surface area (Å²) in [5.41, 5.74) is 0. The minimum Gasteiger partial charge on any atom is -0.550 e. The van der Waals surface area contributed by atoms with Crippen LogP contribution in [0, 0.1) is 5.92 Å². The Morgan fingerprint density at radius 3 is 2.57 bits per heavy atom. The largest absolute Gasteiger partial charge is 0.550 e. The van der Waals surface area contributed by atoms with E-state index in [1.807, 2.05) is 6.20 Å². The third kappa shape index (κ3) is 5.90. The second-order valence-corrected chi connectivity index (χ2v) is 5.94.